The van der Waals surface area contributed by atoms with Gasteiger partial charge in [-0.2, -0.15) is 0 Å². The highest BCUT2D eigenvalue weighted by Crippen LogP contribution is 2.31. The summed E-state index contributed by atoms with van der Waals surface area (Å²) in [6.45, 7) is 2.08. The Balaban J connectivity index is 1.40. The number of benzene rings is 4. The number of anilines is 1. The zero-order valence-electron chi connectivity index (χ0n) is 20.8. The summed E-state index contributed by atoms with van der Waals surface area (Å²) in [5, 5.41) is 4.64. The van der Waals surface area contributed by atoms with Gasteiger partial charge in [-0.1, -0.05) is 24.3 Å². The predicted octanol–water partition coefficient (Wildman–Crippen LogP) is 7.51. The maximum Gasteiger partial charge on any atom is 0.261 e. The van der Waals surface area contributed by atoms with Crippen LogP contribution in [0.1, 0.15) is 15.9 Å². The lowest BCUT2D eigenvalue weighted by molar-refractivity contribution is 0.102. The van der Waals surface area contributed by atoms with Crippen molar-refractivity contribution in [3.05, 3.63) is 114 Å². The molecule has 0 aliphatic rings. The minimum Gasteiger partial charge on any atom is -0.497 e. The van der Waals surface area contributed by atoms with Crippen LogP contribution in [0.4, 0.5) is 11.4 Å². The Hall–Kier alpha value is -4.75. The highest BCUT2D eigenvalue weighted by molar-refractivity contribution is 7.21. The second-order valence-electron chi connectivity index (χ2n) is 8.84. The molecule has 0 saturated heterocycles. The highest BCUT2D eigenvalue weighted by atomic mass is 32.1. The standard InChI is InChI=1S/C31H23N3O3S/c1-19-8-15-26-28(16-19)38-31(34-26)20-9-12-23(13-10-20)33-30-25(29(35)32-22-6-4-3-5-7-22)17-21-11-14-24(36-2)18-27(21)37-30/h3-18H,1-2H3,(H,32,35). The number of aryl methyl sites for hydroxylation is 1. The maximum atomic E-state index is 13.3. The van der Waals surface area contributed by atoms with Crippen LogP contribution >= 0.6 is 11.3 Å². The van der Waals surface area contributed by atoms with Crippen LogP contribution in [-0.4, -0.2) is 18.0 Å². The summed E-state index contributed by atoms with van der Waals surface area (Å²) in [5.74, 6) is 0.349. The van der Waals surface area contributed by atoms with E-state index in [1.54, 1.807) is 30.6 Å². The van der Waals surface area contributed by atoms with E-state index < -0.39 is 0 Å². The van der Waals surface area contributed by atoms with Gasteiger partial charge >= 0.3 is 0 Å². The first-order chi connectivity index (χ1) is 18.6. The minimum atomic E-state index is -0.308. The van der Waals surface area contributed by atoms with E-state index in [2.05, 4.69) is 24.4 Å². The van der Waals surface area contributed by atoms with Gasteiger partial charge < -0.3 is 14.5 Å². The number of thiazole rings is 1. The first kappa shape index (κ1) is 23.6. The van der Waals surface area contributed by atoms with E-state index in [9.17, 15) is 4.79 Å². The van der Waals surface area contributed by atoms with Gasteiger partial charge in [0.05, 0.1) is 23.0 Å². The van der Waals surface area contributed by atoms with E-state index in [1.165, 1.54) is 5.56 Å². The molecule has 0 aliphatic carbocycles. The third kappa shape index (κ3) is 4.79. The molecule has 0 radical (unpaired) electrons. The van der Waals surface area contributed by atoms with Gasteiger partial charge in [0.15, 0.2) is 0 Å². The number of fused-ring (bicyclic) bond motifs is 2. The van der Waals surface area contributed by atoms with Crippen molar-refractivity contribution < 1.29 is 13.9 Å². The van der Waals surface area contributed by atoms with Gasteiger partial charge in [-0.3, -0.25) is 4.79 Å². The Morgan fingerprint density at radius 1 is 0.947 bits per heavy atom. The number of aromatic nitrogens is 1. The summed E-state index contributed by atoms with van der Waals surface area (Å²) in [6, 6.07) is 30.6. The monoisotopic (exact) mass is 517 g/mol. The van der Waals surface area contributed by atoms with Crippen molar-refractivity contribution in [3.8, 4) is 16.3 Å². The van der Waals surface area contributed by atoms with Gasteiger partial charge in [-0.15, -0.1) is 11.3 Å². The molecule has 1 amide bonds. The average Bonchev–Trinajstić information content (AvgIpc) is 3.36. The topological polar surface area (TPSA) is 76.7 Å². The van der Waals surface area contributed by atoms with Gasteiger partial charge in [0.2, 0.25) is 5.55 Å². The average molecular weight is 518 g/mol. The molecule has 0 spiro atoms. The molecule has 6 nitrogen and oxygen atoms in total. The number of rotatable bonds is 5. The molecule has 6 rings (SSSR count). The largest absolute Gasteiger partial charge is 0.497 e. The van der Waals surface area contributed by atoms with Crippen molar-refractivity contribution in [2.45, 2.75) is 6.92 Å². The van der Waals surface area contributed by atoms with Crippen LogP contribution in [0.2, 0.25) is 0 Å². The SMILES string of the molecule is COc1ccc2cc(C(=O)Nc3ccccc3)c(=Nc3ccc(-c4nc5ccc(C)cc5s4)cc3)oc2c1. The molecule has 0 aliphatic heterocycles. The second kappa shape index (κ2) is 9.95. The fraction of sp³-hybridized carbons (Fsp3) is 0.0645. The predicted molar refractivity (Wildman–Crippen MR) is 152 cm³/mol. The number of amides is 1. The number of carbonyl (C=O) groups excluding carboxylic acids is 1. The van der Waals surface area contributed by atoms with Crippen molar-refractivity contribution in [2.24, 2.45) is 4.99 Å². The van der Waals surface area contributed by atoms with E-state index in [-0.39, 0.29) is 11.5 Å². The van der Waals surface area contributed by atoms with Crippen LogP contribution in [0.15, 0.2) is 106 Å². The summed E-state index contributed by atoms with van der Waals surface area (Å²) in [4.78, 5) is 22.8. The number of carbonyl (C=O) groups is 1. The van der Waals surface area contributed by atoms with Crippen LogP contribution < -0.4 is 15.6 Å². The Kier molecular flexibility index (Phi) is 6.19. The highest BCUT2D eigenvalue weighted by Gasteiger charge is 2.14. The molecular formula is C31H23N3O3S. The van der Waals surface area contributed by atoms with Gasteiger partial charge in [-0.05, 0) is 79.2 Å². The van der Waals surface area contributed by atoms with Crippen molar-refractivity contribution in [1.82, 2.24) is 4.98 Å². The smallest absolute Gasteiger partial charge is 0.261 e. The lowest BCUT2D eigenvalue weighted by Crippen LogP contribution is -2.21. The molecule has 1 N–H and O–H groups in total. The molecule has 38 heavy (non-hydrogen) atoms. The minimum absolute atomic E-state index is 0.211. The molecule has 0 atom stereocenters. The molecule has 186 valence electrons. The summed E-state index contributed by atoms with van der Waals surface area (Å²) in [5.41, 5.74) is 5.67. The van der Waals surface area contributed by atoms with Crippen molar-refractivity contribution in [3.63, 3.8) is 0 Å². The van der Waals surface area contributed by atoms with Crippen molar-refractivity contribution in [1.29, 1.82) is 0 Å². The van der Waals surface area contributed by atoms with Gasteiger partial charge in [0, 0.05) is 22.7 Å². The molecule has 2 aromatic heterocycles. The Labute approximate surface area is 222 Å². The van der Waals surface area contributed by atoms with Crippen molar-refractivity contribution in [2.75, 3.05) is 12.4 Å². The second-order valence-corrected chi connectivity index (χ2v) is 9.87. The summed E-state index contributed by atoms with van der Waals surface area (Å²) >= 11 is 1.66. The lowest BCUT2D eigenvalue weighted by atomic mass is 10.1. The number of ether oxygens (including phenoxy) is 1. The van der Waals surface area contributed by atoms with Crippen LogP contribution in [-0.2, 0) is 0 Å². The van der Waals surface area contributed by atoms with Crippen molar-refractivity contribution >= 4 is 49.8 Å². The summed E-state index contributed by atoms with van der Waals surface area (Å²) in [7, 11) is 1.60. The third-order valence-electron chi connectivity index (χ3n) is 6.12. The maximum absolute atomic E-state index is 13.3. The Morgan fingerprint density at radius 2 is 1.76 bits per heavy atom. The van der Waals surface area contributed by atoms with Crippen LogP contribution in [0, 0.1) is 6.92 Å². The quantitative estimate of drug-likeness (QED) is 0.257. The normalized spacial score (nSPS) is 11.7. The molecule has 0 bridgehead atoms. The molecule has 0 saturated carbocycles. The number of nitrogens with one attached hydrogen (secondary N) is 1. The van der Waals surface area contributed by atoms with Crippen LogP contribution in [0.25, 0.3) is 31.8 Å². The van der Waals surface area contributed by atoms with Crippen LogP contribution in [0.3, 0.4) is 0 Å². The molecule has 4 aromatic carbocycles. The summed E-state index contributed by atoms with van der Waals surface area (Å²) in [6.07, 6.45) is 0. The van der Waals surface area contributed by atoms with E-state index in [1.807, 2.05) is 72.8 Å². The number of hydrogen-bond acceptors (Lipinski definition) is 6. The molecule has 0 unspecified atom stereocenters. The third-order valence-corrected chi connectivity index (χ3v) is 7.19. The first-order valence-corrected chi connectivity index (χ1v) is 12.9. The number of methoxy groups -OCH3 is 1. The molecular weight excluding hydrogens is 494 g/mol. The van der Waals surface area contributed by atoms with E-state index in [0.29, 0.717) is 28.3 Å². The van der Waals surface area contributed by atoms with Gasteiger partial charge in [0.1, 0.15) is 21.9 Å². The van der Waals surface area contributed by atoms with E-state index in [0.717, 1.165) is 26.2 Å². The number of nitrogens with zero attached hydrogens (tertiary/aromatic N) is 2. The lowest BCUT2D eigenvalue weighted by Gasteiger charge is -2.08. The molecule has 0 fully saturated rings. The first-order valence-electron chi connectivity index (χ1n) is 12.1. The number of para-hydroxylation sites is 1. The van der Waals surface area contributed by atoms with E-state index >= 15 is 0 Å². The zero-order valence-corrected chi connectivity index (χ0v) is 21.6. The Bertz CT molecular complexity index is 1860. The molecule has 6 aromatic rings. The number of hydrogen-bond donors (Lipinski definition) is 1. The molecule has 2 heterocycles. The van der Waals surface area contributed by atoms with Gasteiger partial charge in [0.25, 0.3) is 5.91 Å². The fourth-order valence-corrected chi connectivity index (χ4v) is 5.21. The zero-order chi connectivity index (χ0) is 26.1. The molecule has 7 heteroatoms. The fourth-order valence-electron chi connectivity index (χ4n) is 4.14. The summed E-state index contributed by atoms with van der Waals surface area (Å²) < 4.78 is 12.7. The van der Waals surface area contributed by atoms with E-state index in [4.69, 9.17) is 19.1 Å². The van der Waals surface area contributed by atoms with Gasteiger partial charge in [-0.25, -0.2) is 9.98 Å². The van der Waals surface area contributed by atoms with Crippen LogP contribution in [0.5, 0.6) is 5.75 Å². The Morgan fingerprint density at radius 3 is 2.55 bits per heavy atom.